The van der Waals surface area contributed by atoms with Crippen LogP contribution in [0.15, 0.2) is 35.7 Å². The minimum Gasteiger partial charge on any atom is -0.382 e. The predicted octanol–water partition coefficient (Wildman–Crippen LogP) is 3.81. The molecule has 0 radical (unpaired) electrons. The number of carbonyl (C=O) groups excluding carboxylic acids is 2. The van der Waals surface area contributed by atoms with E-state index >= 15 is 0 Å². The molecule has 1 aromatic carbocycles. The molecule has 0 saturated heterocycles. The molecule has 6 heteroatoms. The number of benzene rings is 1. The number of nitrogens with zero attached hydrogens (tertiary/aromatic N) is 2. The van der Waals surface area contributed by atoms with Gasteiger partial charge in [-0.25, -0.2) is 0 Å². The fourth-order valence-corrected chi connectivity index (χ4v) is 4.82. The van der Waals surface area contributed by atoms with Crippen LogP contribution < -0.4 is 0 Å². The average Bonchev–Trinajstić information content (AvgIpc) is 3.18. The summed E-state index contributed by atoms with van der Waals surface area (Å²) in [6, 6.07) is 10.3. The monoisotopic (exact) mass is 414 g/mol. The molecule has 2 aromatic rings. The van der Waals surface area contributed by atoms with Gasteiger partial charge in [0.2, 0.25) is 11.8 Å². The van der Waals surface area contributed by atoms with E-state index in [0.29, 0.717) is 26.3 Å². The molecule has 0 bridgehead atoms. The standard InChI is InChI=1S/C23H30N2O3S/c1-4-28-14-7-12-24(18(3)26)16-22(27)25-13-10-21-20(11-15-29-21)23(25)19-9-6-5-8-17(19)2/h5-6,8-9,11,15,23H,4,7,10,12-14,16H2,1-3H3/t23-/m0/s1. The molecule has 0 unspecified atom stereocenters. The zero-order valence-corrected chi connectivity index (χ0v) is 18.3. The van der Waals surface area contributed by atoms with Crippen LogP contribution in [-0.2, 0) is 20.7 Å². The maximum Gasteiger partial charge on any atom is 0.242 e. The zero-order chi connectivity index (χ0) is 20.8. The third kappa shape index (κ3) is 5.06. The van der Waals surface area contributed by atoms with Gasteiger partial charge in [-0.1, -0.05) is 24.3 Å². The van der Waals surface area contributed by atoms with Gasteiger partial charge in [-0.15, -0.1) is 11.3 Å². The van der Waals surface area contributed by atoms with E-state index in [2.05, 4.69) is 30.5 Å². The second-order valence-corrected chi connectivity index (χ2v) is 8.39. The highest BCUT2D eigenvalue weighted by Gasteiger charge is 2.34. The first-order chi connectivity index (χ1) is 14.0. The van der Waals surface area contributed by atoms with Gasteiger partial charge in [-0.2, -0.15) is 0 Å². The minimum absolute atomic E-state index is 0.00159. The van der Waals surface area contributed by atoms with Gasteiger partial charge in [0.05, 0.1) is 12.6 Å². The second-order valence-electron chi connectivity index (χ2n) is 7.39. The average molecular weight is 415 g/mol. The van der Waals surface area contributed by atoms with E-state index in [1.807, 2.05) is 24.0 Å². The summed E-state index contributed by atoms with van der Waals surface area (Å²) in [5.41, 5.74) is 3.55. The second kappa shape index (κ2) is 10.0. The van der Waals surface area contributed by atoms with Crippen LogP contribution >= 0.6 is 11.3 Å². The number of carbonyl (C=O) groups is 2. The molecule has 1 atom stereocenters. The van der Waals surface area contributed by atoms with E-state index in [1.165, 1.54) is 22.9 Å². The van der Waals surface area contributed by atoms with Crippen molar-refractivity contribution in [2.75, 3.05) is 32.8 Å². The molecule has 2 amide bonds. The van der Waals surface area contributed by atoms with Crippen LogP contribution in [0.1, 0.15) is 47.9 Å². The lowest BCUT2D eigenvalue weighted by molar-refractivity contribution is -0.140. The van der Waals surface area contributed by atoms with E-state index < -0.39 is 0 Å². The summed E-state index contributed by atoms with van der Waals surface area (Å²) >= 11 is 1.76. The van der Waals surface area contributed by atoms with Crippen LogP contribution in [0.5, 0.6) is 0 Å². The molecule has 3 rings (SSSR count). The molecule has 0 aliphatic carbocycles. The van der Waals surface area contributed by atoms with Gasteiger partial charge in [-0.05, 0) is 54.8 Å². The molecule has 1 aliphatic rings. The summed E-state index contributed by atoms with van der Waals surface area (Å²) in [6.45, 7) is 8.16. The van der Waals surface area contributed by atoms with Gasteiger partial charge in [0.1, 0.15) is 0 Å². The van der Waals surface area contributed by atoms with Crippen LogP contribution in [0, 0.1) is 6.92 Å². The highest BCUT2D eigenvalue weighted by atomic mass is 32.1. The highest BCUT2D eigenvalue weighted by Crippen LogP contribution is 2.38. The highest BCUT2D eigenvalue weighted by molar-refractivity contribution is 7.10. The van der Waals surface area contributed by atoms with Gasteiger partial charge >= 0.3 is 0 Å². The Morgan fingerprint density at radius 3 is 2.76 bits per heavy atom. The van der Waals surface area contributed by atoms with Crippen molar-refractivity contribution < 1.29 is 14.3 Å². The van der Waals surface area contributed by atoms with Crippen molar-refractivity contribution in [3.63, 3.8) is 0 Å². The first-order valence-electron chi connectivity index (χ1n) is 10.3. The Hall–Kier alpha value is -2.18. The van der Waals surface area contributed by atoms with Crippen LogP contribution in [0.25, 0.3) is 0 Å². The van der Waals surface area contributed by atoms with Crippen LogP contribution in [-0.4, -0.2) is 54.5 Å². The van der Waals surface area contributed by atoms with Gasteiger partial charge in [0.15, 0.2) is 0 Å². The van der Waals surface area contributed by atoms with E-state index in [1.54, 1.807) is 16.2 Å². The van der Waals surface area contributed by atoms with Crippen molar-refractivity contribution in [1.82, 2.24) is 9.80 Å². The quantitative estimate of drug-likeness (QED) is 0.617. The van der Waals surface area contributed by atoms with Crippen molar-refractivity contribution in [3.05, 3.63) is 57.3 Å². The zero-order valence-electron chi connectivity index (χ0n) is 17.5. The molecule has 5 nitrogen and oxygen atoms in total. The van der Waals surface area contributed by atoms with Crippen molar-refractivity contribution in [1.29, 1.82) is 0 Å². The Morgan fingerprint density at radius 1 is 1.24 bits per heavy atom. The first-order valence-corrected chi connectivity index (χ1v) is 11.2. The number of ether oxygens (including phenoxy) is 1. The smallest absolute Gasteiger partial charge is 0.242 e. The minimum atomic E-state index is -0.0871. The number of thiophene rings is 1. The molecule has 0 fully saturated rings. The molecule has 1 aliphatic heterocycles. The lowest BCUT2D eigenvalue weighted by Gasteiger charge is -2.38. The summed E-state index contributed by atoms with van der Waals surface area (Å²) < 4.78 is 5.37. The number of hydrogen-bond donors (Lipinski definition) is 0. The molecule has 0 spiro atoms. The number of fused-ring (bicyclic) bond motifs is 1. The SMILES string of the molecule is CCOCCCN(CC(=O)N1CCc2sccc2[C@@H]1c1ccccc1C)C(C)=O. The third-order valence-corrected chi connectivity index (χ3v) is 6.46. The maximum absolute atomic E-state index is 13.3. The molecule has 2 heterocycles. The summed E-state index contributed by atoms with van der Waals surface area (Å²) in [4.78, 5) is 30.4. The van der Waals surface area contributed by atoms with Crippen LogP contribution in [0.2, 0.25) is 0 Å². The normalized spacial score (nSPS) is 15.8. The van der Waals surface area contributed by atoms with Crippen molar-refractivity contribution >= 4 is 23.2 Å². The molecule has 0 saturated carbocycles. The summed E-state index contributed by atoms with van der Waals surface area (Å²) in [5.74, 6) is -0.0720. The van der Waals surface area contributed by atoms with Crippen molar-refractivity contribution in [2.45, 2.75) is 39.7 Å². The lowest BCUT2D eigenvalue weighted by Crippen LogP contribution is -2.46. The molecule has 156 valence electrons. The Morgan fingerprint density at radius 2 is 2.03 bits per heavy atom. The van der Waals surface area contributed by atoms with Crippen LogP contribution in [0.4, 0.5) is 0 Å². The van der Waals surface area contributed by atoms with E-state index in [9.17, 15) is 9.59 Å². The van der Waals surface area contributed by atoms with E-state index in [0.717, 1.165) is 18.4 Å². The van der Waals surface area contributed by atoms with Gasteiger partial charge in [-0.3, -0.25) is 9.59 Å². The molecule has 0 N–H and O–H groups in total. The van der Waals surface area contributed by atoms with Gasteiger partial charge in [0, 0.05) is 38.1 Å². The van der Waals surface area contributed by atoms with Crippen molar-refractivity contribution in [2.24, 2.45) is 0 Å². The summed E-state index contributed by atoms with van der Waals surface area (Å²) in [5, 5.41) is 2.11. The summed E-state index contributed by atoms with van der Waals surface area (Å²) in [7, 11) is 0. The topological polar surface area (TPSA) is 49.9 Å². The Labute approximate surface area is 177 Å². The first kappa shape index (κ1) is 21.5. The van der Waals surface area contributed by atoms with E-state index in [4.69, 9.17) is 4.74 Å². The number of hydrogen-bond acceptors (Lipinski definition) is 4. The fraction of sp³-hybridized carbons (Fsp3) is 0.478. The number of aryl methyl sites for hydroxylation is 1. The van der Waals surface area contributed by atoms with Crippen LogP contribution in [0.3, 0.4) is 0 Å². The number of rotatable bonds is 8. The molecule has 29 heavy (non-hydrogen) atoms. The Bertz CT molecular complexity index is 848. The third-order valence-electron chi connectivity index (χ3n) is 5.46. The summed E-state index contributed by atoms with van der Waals surface area (Å²) in [6.07, 6.45) is 1.60. The molecular formula is C23H30N2O3S. The van der Waals surface area contributed by atoms with Gasteiger partial charge < -0.3 is 14.5 Å². The molecular weight excluding hydrogens is 384 g/mol. The number of amides is 2. The predicted molar refractivity (Wildman–Crippen MR) is 116 cm³/mol. The van der Waals surface area contributed by atoms with E-state index in [-0.39, 0.29) is 24.4 Å². The Kier molecular flexibility index (Phi) is 7.45. The largest absolute Gasteiger partial charge is 0.382 e. The maximum atomic E-state index is 13.3. The fourth-order valence-electron chi connectivity index (χ4n) is 3.92. The van der Waals surface area contributed by atoms with Crippen molar-refractivity contribution in [3.8, 4) is 0 Å². The lowest BCUT2D eigenvalue weighted by atomic mass is 9.90. The van der Waals surface area contributed by atoms with Gasteiger partial charge in [0.25, 0.3) is 0 Å². The Balaban J connectivity index is 1.81. The molecule has 1 aromatic heterocycles.